The lowest BCUT2D eigenvalue weighted by Gasteiger charge is -2.30. The first-order valence-electron chi connectivity index (χ1n) is 9.70. The quantitative estimate of drug-likeness (QED) is 0.635. The molecule has 0 aromatic heterocycles. The van der Waals surface area contributed by atoms with Crippen molar-refractivity contribution < 1.29 is 30.0 Å². The summed E-state index contributed by atoms with van der Waals surface area (Å²) in [4.78, 5) is 12.5. The number of hydrogen-bond acceptors (Lipinski definition) is 7. The summed E-state index contributed by atoms with van der Waals surface area (Å²) in [5, 5.41) is 2.64. The minimum Gasteiger partial charge on any atom is -0.325 e. The van der Waals surface area contributed by atoms with Crippen molar-refractivity contribution in [2.75, 3.05) is 30.9 Å². The first-order chi connectivity index (χ1) is 14.8. The minimum absolute atomic E-state index is 0.0131. The van der Waals surface area contributed by atoms with Gasteiger partial charge in [0.05, 0.1) is 20.4 Å². The van der Waals surface area contributed by atoms with Crippen LogP contribution in [-0.2, 0) is 34.5 Å². The van der Waals surface area contributed by atoms with Gasteiger partial charge in [0.15, 0.2) is 19.7 Å². The zero-order valence-corrected chi connectivity index (χ0v) is 20.0. The van der Waals surface area contributed by atoms with Gasteiger partial charge in [0, 0.05) is 31.5 Å². The summed E-state index contributed by atoms with van der Waals surface area (Å²) in [5.41, 5.74) is 0.188. The number of rotatable bonds is 6. The highest BCUT2D eigenvalue weighted by molar-refractivity contribution is 7.91. The van der Waals surface area contributed by atoms with E-state index in [1.165, 1.54) is 34.6 Å². The minimum atomic E-state index is -3.92. The van der Waals surface area contributed by atoms with Crippen LogP contribution in [0.25, 0.3) is 0 Å². The van der Waals surface area contributed by atoms with Gasteiger partial charge in [-0.2, -0.15) is 4.31 Å². The summed E-state index contributed by atoms with van der Waals surface area (Å²) in [6.45, 7) is 0.161. The van der Waals surface area contributed by atoms with Gasteiger partial charge in [0.25, 0.3) is 0 Å². The van der Waals surface area contributed by atoms with Gasteiger partial charge in [0.1, 0.15) is 0 Å². The maximum absolute atomic E-state index is 13.0. The zero-order valence-electron chi connectivity index (χ0n) is 17.6. The lowest BCUT2D eigenvalue weighted by molar-refractivity contribution is -0.120. The van der Waals surface area contributed by atoms with Gasteiger partial charge in [-0.05, 0) is 43.2 Å². The molecular formula is C20H24N2O7S3. The van der Waals surface area contributed by atoms with Crippen LogP contribution in [0.15, 0.2) is 63.2 Å². The van der Waals surface area contributed by atoms with Crippen LogP contribution in [0.5, 0.6) is 0 Å². The van der Waals surface area contributed by atoms with Crippen LogP contribution in [-0.4, -0.2) is 61.1 Å². The third-order valence-electron chi connectivity index (χ3n) is 5.24. The highest BCUT2D eigenvalue weighted by atomic mass is 32.2. The number of sulfone groups is 2. The van der Waals surface area contributed by atoms with Gasteiger partial charge in [0.2, 0.25) is 15.9 Å². The monoisotopic (exact) mass is 500 g/mol. The molecular weight excluding hydrogens is 476 g/mol. The van der Waals surface area contributed by atoms with E-state index in [-0.39, 0.29) is 52.2 Å². The van der Waals surface area contributed by atoms with Gasteiger partial charge in [-0.25, -0.2) is 25.3 Å². The van der Waals surface area contributed by atoms with Crippen molar-refractivity contribution in [2.24, 2.45) is 5.92 Å². The fourth-order valence-corrected chi connectivity index (χ4v) is 6.60. The highest BCUT2D eigenvalue weighted by Crippen LogP contribution is 2.27. The van der Waals surface area contributed by atoms with Crippen molar-refractivity contribution in [3.63, 3.8) is 0 Å². The summed E-state index contributed by atoms with van der Waals surface area (Å²) < 4.78 is 74.5. The number of amides is 1. The van der Waals surface area contributed by atoms with E-state index in [9.17, 15) is 30.0 Å². The molecule has 0 atom stereocenters. The van der Waals surface area contributed by atoms with Crippen LogP contribution in [0.2, 0.25) is 0 Å². The molecule has 1 fully saturated rings. The number of benzene rings is 2. The van der Waals surface area contributed by atoms with Crippen molar-refractivity contribution in [1.82, 2.24) is 4.31 Å². The second-order valence-electron chi connectivity index (χ2n) is 7.68. The molecule has 0 saturated carbocycles. The second-order valence-corrected chi connectivity index (χ2v) is 13.6. The Kier molecular flexibility index (Phi) is 6.80. The number of nitrogens with zero attached hydrogens (tertiary/aromatic N) is 1. The molecule has 1 aliphatic rings. The standard InChI is InChI=1S/C20H24N2O7S3/c1-30(24,25)16-6-5-7-17(14-16)32(28,29)22-12-10-15(11-13-22)20(23)21-18-8-3-4-9-19(18)31(2,26)27/h3-9,14-15H,10-13H2,1-2H3,(H,21,23). The Balaban J connectivity index is 1.71. The summed E-state index contributed by atoms with van der Waals surface area (Å²) >= 11 is 0. The Morgan fingerprint density at radius 1 is 0.844 bits per heavy atom. The summed E-state index contributed by atoms with van der Waals surface area (Å²) in [6.07, 6.45) is 2.56. The number of carbonyl (C=O) groups is 1. The third-order valence-corrected chi connectivity index (χ3v) is 9.40. The molecule has 0 bridgehead atoms. The summed E-state index contributed by atoms with van der Waals surface area (Å²) in [7, 11) is -11.0. The Hall–Kier alpha value is -2.28. The Morgan fingerprint density at radius 2 is 1.44 bits per heavy atom. The molecule has 1 amide bonds. The Labute approximate surface area is 188 Å². The second kappa shape index (κ2) is 8.93. The number of piperidine rings is 1. The first-order valence-corrected chi connectivity index (χ1v) is 14.9. The fraction of sp³-hybridized carbons (Fsp3) is 0.350. The third kappa shape index (κ3) is 5.37. The van der Waals surface area contributed by atoms with E-state index < -0.39 is 35.6 Å². The molecule has 32 heavy (non-hydrogen) atoms. The van der Waals surface area contributed by atoms with Gasteiger partial charge >= 0.3 is 0 Å². The molecule has 2 aromatic rings. The molecule has 9 nitrogen and oxygen atoms in total. The molecule has 1 saturated heterocycles. The molecule has 3 rings (SSSR count). The SMILES string of the molecule is CS(=O)(=O)c1cccc(S(=O)(=O)N2CCC(C(=O)Nc3ccccc3S(C)(=O)=O)CC2)c1. The number of para-hydroxylation sites is 1. The van der Waals surface area contributed by atoms with E-state index in [2.05, 4.69) is 5.32 Å². The predicted molar refractivity (Wildman–Crippen MR) is 119 cm³/mol. The van der Waals surface area contributed by atoms with E-state index in [0.717, 1.165) is 18.6 Å². The number of carbonyl (C=O) groups excluding carboxylic acids is 1. The molecule has 0 spiro atoms. The van der Waals surface area contributed by atoms with Gasteiger partial charge < -0.3 is 5.32 Å². The maximum Gasteiger partial charge on any atom is 0.243 e. The maximum atomic E-state index is 13.0. The van der Waals surface area contributed by atoms with Crippen LogP contribution >= 0.6 is 0 Å². The molecule has 1 aliphatic heterocycles. The number of nitrogens with one attached hydrogen (secondary N) is 1. The van der Waals surface area contributed by atoms with Gasteiger partial charge in [-0.1, -0.05) is 18.2 Å². The normalized spacial score (nSPS) is 16.6. The molecule has 1 heterocycles. The summed E-state index contributed by atoms with van der Waals surface area (Å²) in [5.74, 6) is -0.867. The molecule has 1 N–H and O–H groups in total. The average molecular weight is 501 g/mol. The van der Waals surface area contributed by atoms with E-state index in [1.807, 2.05) is 0 Å². The lowest BCUT2D eigenvalue weighted by atomic mass is 9.97. The smallest absolute Gasteiger partial charge is 0.243 e. The molecule has 0 aliphatic carbocycles. The molecule has 0 radical (unpaired) electrons. The number of hydrogen-bond donors (Lipinski definition) is 1. The Bertz CT molecular complexity index is 1340. The highest BCUT2D eigenvalue weighted by Gasteiger charge is 2.33. The molecule has 0 unspecified atom stereocenters. The molecule has 174 valence electrons. The fourth-order valence-electron chi connectivity index (χ4n) is 3.50. The van der Waals surface area contributed by atoms with Crippen molar-refractivity contribution >= 4 is 41.3 Å². The van der Waals surface area contributed by atoms with Crippen LogP contribution in [0.1, 0.15) is 12.8 Å². The zero-order chi connectivity index (χ0) is 23.7. The average Bonchev–Trinajstić information content (AvgIpc) is 2.73. The topological polar surface area (TPSA) is 135 Å². The van der Waals surface area contributed by atoms with E-state index in [0.29, 0.717) is 0 Å². The van der Waals surface area contributed by atoms with Crippen molar-refractivity contribution in [2.45, 2.75) is 27.5 Å². The van der Waals surface area contributed by atoms with Crippen LogP contribution in [0.3, 0.4) is 0 Å². The first kappa shape index (κ1) is 24.4. The van der Waals surface area contributed by atoms with Crippen LogP contribution in [0, 0.1) is 5.92 Å². The molecule has 2 aromatic carbocycles. The molecule has 12 heteroatoms. The lowest BCUT2D eigenvalue weighted by Crippen LogP contribution is -2.41. The van der Waals surface area contributed by atoms with Gasteiger partial charge in [-0.3, -0.25) is 4.79 Å². The Morgan fingerprint density at radius 3 is 2.03 bits per heavy atom. The van der Waals surface area contributed by atoms with Crippen molar-refractivity contribution in [3.05, 3.63) is 48.5 Å². The van der Waals surface area contributed by atoms with Crippen LogP contribution < -0.4 is 5.32 Å². The van der Waals surface area contributed by atoms with E-state index in [4.69, 9.17) is 0 Å². The number of sulfonamides is 1. The number of anilines is 1. The van der Waals surface area contributed by atoms with Crippen molar-refractivity contribution in [3.8, 4) is 0 Å². The van der Waals surface area contributed by atoms with E-state index in [1.54, 1.807) is 12.1 Å². The summed E-state index contributed by atoms with van der Waals surface area (Å²) in [6, 6.07) is 11.3. The van der Waals surface area contributed by atoms with E-state index >= 15 is 0 Å². The van der Waals surface area contributed by atoms with Crippen molar-refractivity contribution in [1.29, 1.82) is 0 Å². The van der Waals surface area contributed by atoms with Crippen LogP contribution in [0.4, 0.5) is 5.69 Å². The predicted octanol–water partition coefficient (Wildman–Crippen LogP) is 1.53. The van der Waals surface area contributed by atoms with Gasteiger partial charge in [-0.15, -0.1) is 0 Å². The largest absolute Gasteiger partial charge is 0.325 e.